The van der Waals surface area contributed by atoms with Gasteiger partial charge in [-0.1, -0.05) is 6.92 Å². The third-order valence-corrected chi connectivity index (χ3v) is 4.75. The summed E-state index contributed by atoms with van der Waals surface area (Å²) in [7, 11) is 0. The van der Waals surface area contributed by atoms with E-state index in [0.29, 0.717) is 12.6 Å². The summed E-state index contributed by atoms with van der Waals surface area (Å²) >= 11 is 0. The Balaban J connectivity index is 1.65. The fourth-order valence-electron chi connectivity index (χ4n) is 3.15. The summed E-state index contributed by atoms with van der Waals surface area (Å²) in [6.07, 6.45) is 5.39. The molecule has 20 heavy (non-hydrogen) atoms. The van der Waals surface area contributed by atoms with Crippen molar-refractivity contribution in [3.63, 3.8) is 0 Å². The first kappa shape index (κ1) is 15.3. The van der Waals surface area contributed by atoms with Crippen molar-refractivity contribution in [3.8, 4) is 0 Å². The van der Waals surface area contributed by atoms with E-state index in [-0.39, 0.29) is 11.8 Å². The number of carbonyl (C=O) groups excluding carboxylic acids is 1. The lowest BCUT2D eigenvalue weighted by Gasteiger charge is -2.32. The van der Waals surface area contributed by atoms with E-state index in [1.807, 2.05) is 4.90 Å². The average molecular weight is 282 g/mol. The summed E-state index contributed by atoms with van der Waals surface area (Å²) < 4.78 is 0. The van der Waals surface area contributed by atoms with Gasteiger partial charge in [-0.25, -0.2) is 0 Å². The van der Waals surface area contributed by atoms with Crippen molar-refractivity contribution in [3.05, 3.63) is 0 Å². The van der Waals surface area contributed by atoms with Gasteiger partial charge in [-0.15, -0.1) is 0 Å². The minimum atomic E-state index is -0.679. The number of likely N-dealkylation sites (tertiary alicyclic amines) is 1. The number of hydrogen-bond acceptors (Lipinski definition) is 3. The van der Waals surface area contributed by atoms with Gasteiger partial charge in [0.05, 0.1) is 12.5 Å². The molecule has 0 atom stereocenters. The molecule has 0 radical (unpaired) electrons. The van der Waals surface area contributed by atoms with E-state index < -0.39 is 5.97 Å². The first-order valence-corrected chi connectivity index (χ1v) is 7.80. The lowest BCUT2D eigenvalue weighted by molar-refractivity contribution is -0.143. The van der Waals surface area contributed by atoms with Crippen molar-refractivity contribution in [1.82, 2.24) is 10.2 Å². The lowest BCUT2D eigenvalue weighted by atomic mass is 9.86. The Hall–Kier alpha value is -1.10. The van der Waals surface area contributed by atoms with Gasteiger partial charge < -0.3 is 15.3 Å². The summed E-state index contributed by atoms with van der Waals surface area (Å²) in [5, 5.41) is 12.3. The average Bonchev–Trinajstić information content (AvgIpc) is 2.46. The fraction of sp³-hybridized carbons (Fsp3) is 0.867. The van der Waals surface area contributed by atoms with Crippen LogP contribution in [-0.2, 0) is 9.59 Å². The van der Waals surface area contributed by atoms with Gasteiger partial charge in [0.1, 0.15) is 0 Å². The highest BCUT2D eigenvalue weighted by molar-refractivity contribution is 5.78. The number of amides is 1. The number of nitrogens with zero attached hydrogens (tertiary/aromatic N) is 1. The topological polar surface area (TPSA) is 69.6 Å². The number of carbonyl (C=O) groups is 2. The van der Waals surface area contributed by atoms with Gasteiger partial charge in [-0.2, -0.15) is 0 Å². The van der Waals surface area contributed by atoms with Gasteiger partial charge in [-0.05, 0) is 44.4 Å². The summed E-state index contributed by atoms with van der Waals surface area (Å²) in [5.41, 5.74) is 0. The predicted octanol–water partition coefficient (Wildman–Crippen LogP) is 1.48. The first-order valence-electron chi connectivity index (χ1n) is 7.80. The number of piperidine rings is 1. The maximum atomic E-state index is 12.1. The van der Waals surface area contributed by atoms with Gasteiger partial charge in [0, 0.05) is 19.1 Å². The Kier molecular flexibility index (Phi) is 5.40. The maximum Gasteiger partial charge on any atom is 0.306 e. The number of carboxylic acids is 1. The van der Waals surface area contributed by atoms with Gasteiger partial charge in [0.25, 0.3) is 0 Å². The molecule has 0 aromatic rings. The van der Waals surface area contributed by atoms with Crippen LogP contribution in [0, 0.1) is 11.8 Å². The van der Waals surface area contributed by atoms with Gasteiger partial charge in [0.2, 0.25) is 5.91 Å². The normalized spacial score (nSPS) is 28.4. The second kappa shape index (κ2) is 7.07. The minimum absolute atomic E-state index is 0.188. The van der Waals surface area contributed by atoms with Crippen LogP contribution in [0.15, 0.2) is 0 Å². The summed E-state index contributed by atoms with van der Waals surface area (Å²) in [4.78, 5) is 24.9. The van der Waals surface area contributed by atoms with Crippen molar-refractivity contribution in [2.24, 2.45) is 11.8 Å². The zero-order chi connectivity index (χ0) is 14.5. The van der Waals surface area contributed by atoms with Gasteiger partial charge in [0.15, 0.2) is 0 Å². The van der Waals surface area contributed by atoms with E-state index in [9.17, 15) is 9.59 Å². The highest BCUT2D eigenvalue weighted by atomic mass is 16.4. The van der Waals surface area contributed by atoms with Crippen LogP contribution >= 0.6 is 0 Å². The highest BCUT2D eigenvalue weighted by Crippen LogP contribution is 2.24. The summed E-state index contributed by atoms with van der Waals surface area (Å²) in [5.74, 6) is 0.0601. The zero-order valence-electron chi connectivity index (χ0n) is 12.3. The molecule has 0 spiro atoms. The molecular weight excluding hydrogens is 256 g/mol. The molecule has 0 aromatic carbocycles. The van der Waals surface area contributed by atoms with Crippen LogP contribution in [0.25, 0.3) is 0 Å². The van der Waals surface area contributed by atoms with Crippen LogP contribution in [0.4, 0.5) is 0 Å². The van der Waals surface area contributed by atoms with Crippen molar-refractivity contribution in [2.45, 2.75) is 51.5 Å². The van der Waals surface area contributed by atoms with Crippen LogP contribution < -0.4 is 5.32 Å². The molecule has 1 heterocycles. The Morgan fingerprint density at radius 2 is 1.70 bits per heavy atom. The molecule has 5 nitrogen and oxygen atoms in total. The molecule has 1 saturated heterocycles. The number of hydrogen-bond donors (Lipinski definition) is 2. The molecule has 1 saturated carbocycles. The van der Waals surface area contributed by atoms with E-state index in [1.165, 1.54) is 0 Å². The predicted molar refractivity (Wildman–Crippen MR) is 76.4 cm³/mol. The molecule has 2 fully saturated rings. The van der Waals surface area contributed by atoms with Crippen molar-refractivity contribution in [1.29, 1.82) is 0 Å². The van der Waals surface area contributed by atoms with Crippen LogP contribution in [-0.4, -0.2) is 47.6 Å². The second-order valence-electron chi connectivity index (χ2n) is 6.33. The molecule has 5 heteroatoms. The largest absolute Gasteiger partial charge is 0.481 e. The van der Waals surface area contributed by atoms with Crippen LogP contribution in [0.3, 0.4) is 0 Å². The maximum absolute atomic E-state index is 12.1. The SMILES string of the molecule is CC1CCN(C(=O)CNC2CCC(C(=O)O)CC2)CC1. The quantitative estimate of drug-likeness (QED) is 0.819. The molecule has 0 bridgehead atoms. The molecular formula is C15H26N2O3. The highest BCUT2D eigenvalue weighted by Gasteiger charge is 2.26. The molecule has 1 aliphatic heterocycles. The van der Waals surface area contributed by atoms with Crippen molar-refractivity contribution >= 4 is 11.9 Å². The van der Waals surface area contributed by atoms with Gasteiger partial charge >= 0.3 is 5.97 Å². The fourth-order valence-corrected chi connectivity index (χ4v) is 3.15. The molecule has 2 rings (SSSR count). The van der Waals surface area contributed by atoms with Crippen LogP contribution in [0.2, 0.25) is 0 Å². The van der Waals surface area contributed by atoms with Crippen molar-refractivity contribution < 1.29 is 14.7 Å². The lowest BCUT2D eigenvalue weighted by Crippen LogP contribution is -2.45. The molecule has 0 aromatic heterocycles. The van der Waals surface area contributed by atoms with Crippen LogP contribution in [0.5, 0.6) is 0 Å². The molecule has 2 N–H and O–H groups in total. The smallest absolute Gasteiger partial charge is 0.306 e. The minimum Gasteiger partial charge on any atom is -0.481 e. The van der Waals surface area contributed by atoms with E-state index in [0.717, 1.165) is 57.5 Å². The second-order valence-corrected chi connectivity index (χ2v) is 6.33. The Morgan fingerprint density at radius 3 is 2.25 bits per heavy atom. The number of carboxylic acid groups (broad SMARTS) is 1. The first-order chi connectivity index (χ1) is 9.56. The van der Waals surface area contributed by atoms with Crippen LogP contribution in [0.1, 0.15) is 45.4 Å². The number of aliphatic carboxylic acids is 1. The molecule has 0 unspecified atom stereocenters. The van der Waals surface area contributed by atoms with E-state index in [2.05, 4.69) is 12.2 Å². The number of nitrogens with one attached hydrogen (secondary N) is 1. The molecule has 114 valence electrons. The summed E-state index contributed by atoms with van der Waals surface area (Å²) in [6.45, 7) is 4.40. The monoisotopic (exact) mass is 282 g/mol. The van der Waals surface area contributed by atoms with E-state index in [4.69, 9.17) is 5.11 Å². The number of rotatable bonds is 4. The van der Waals surface area contributed by atoms with E-state index in [1.54, 1.807) is 0 Å². The molecule has 1 amide bonds. The zero-order valence-corrected chi connectivity index (χ0v) is 12.3. The standard InChI is InChI=1S/C15H26N2O3/c1-11-6-8-17(9-7-11)14(18)10-16-13-4-2-12(3-5-13)15(19)20/h11-13,16H,2-10H2,1H3,(H,19,20). The third-order valence-electron chi connectivity index (χ3n) is 4.75. The third kappa shape index (κ3) is 4.20. The van der Waals surface area contributed by atoms with Gasteiger partial charge in [-0.3, -0.25) is 9.59 Å². The van der Waals surface area contributed by atoms with E-state index >= 15 is 0 Å². The Labute approximate surface area is 120 Å². The molecule has 2 aliphatic rings. The Morgan fingerprint density at radius 1 is 1.10 bits per heavy atom. The summed E-state index contributed by atoms with van der Waals surface area (Å²) in [6, 6.07) is 0.304. The molecule has 1 aliphatic carbocycles. The Bertz CT molecular complexity index is 343. The van der Waals surface area contributed by atoms with Crippen molar-refractivity contribution in [2.75, 3.05) is 19.6 Å².